The minimum absolute atomic E-state index is 0.213. The Balaban J connectivity index is 1.88. The van der Waals surface area contributed by atoms with E-state index in [-0.39, 0.29) is 6.42 Å². The summed E-state index contributed by atoms with van der Waals surface area (Å²) >= 11 is 0. The van der Waals surface area contributed by atoms with Crippen molar-refractivity contribution in [2.75, 3.05) is 0 Å². The van der Waals surface area contributed by atoms with Crippen LogP contribution >= 0.6 is 0 Å². The molecule has 0 saturated carbocycles. The van der Waals surface area contributed by atoms with E-state index >= 15 is 0 Å². The van der Waals surface area contributed by atoms with Gasteiger partial charge < -0.3 is 5.11 Å². The van der Waals surface area contributed by atoms with Gasteiger partial charge in [-0.2, -0.15) is 0 Å². The molecule has 0 fully saturated rings. The quantitative estimate of drug-likeness (QED) is 0.760. The zero-order valence-electron chi connectivity index (χ0n) is 8.31. The van der Waals surface area contributed by atoms with Crippen LogP contribution in [0.1, 0.15) is 25.7 Å². The average molecular weight is 204 g/mol. The van der Waals surface area contributed by atoms with Crippen molar-refractivity contribution in [1.29, 1.82) is 0 Å². The second-order valence-electron chi connectivity index (χ2n) is 3.64. The van der Waals surface area contributed by atoms with Crippen LogP contribution in [0.3, 0.4) is 0 Å². The minimum atomic E-state index is -0.744. The van der Waals surface area contributed by atoms with Gasteiger partial charge in [0.05, 0.1) is 0 Å². The van der Waals surface area contributed by atoms with E-state index in [4.69, 9.17) is 5.11 Å². The predicted molar refractivity (Wildman–Crippen MR) is 58.2 cm³/mol. The Morgan fingerprint density at radius 3 is 3.13 bits per heavy atom. The lowest BCUT2D eigenvalue weighted by atomic mass is 9.98. The summed E-state index contributed by atoms with van der Waals surface area (Å²) in [6.07, 6.45) is 7.89. The molecule has 2 rings (SSSR count). The molecule has 78 valence electrons. The highest BCUT2D eigenvalue weighted by atomic mass is 16.4. The van der Waals surface area contributed by atoms with Crippen LogP contribution in [-0.2, 0) is 4.79 Å². The van der Waals surface area contributed by atoms with Crippen molar-refractivity contribution in [3.8, 4) is 0 Å². The number of nitrogens with zero attached hydrogens (tertiary/aromatic N) is 2. The largest absolute Gasteiger partial charge is 0.481 e. The van der Waals surface area contributed by atoms with E-state index in [9.17, 15) is 4.79 Å². The molecular formula is C11H12N2O2. The third-order valence-electron chi connectivity index (χ3n) is 2.45. The molecule has 2 aliphatic heterocycles. The van der Waals surface area contributed by atoms with Crippen LogP contribution in [0.4, 0.5) is 0 Å². The van der Waals surface area contributed by atoms with Crippen molar-refractivity contribution in [2.45, 2.75) is 25.7 Å². The number of fused-ring (bicyclic) bond motifs is 1. The first-order valence-corrected chi connectivity index (χ1v) is 4.96. The summed E-state index contributed by atoms with van der Waals surface area (Å²) in [6.45, 7) is 0. The van der Waals surface area contributed by atoms with Gasteiger partial charge in [0.2, 0.25) is 0 Å². The molecule has 0 saturated heterocycles. The maximum absolute atomic E-state index is 10.3. The third kappa shape index (κ3) is 2.40. The van der Waals surface area contributed by atoms with E-state index in [1.807, 2.05) is 12.4 Å². The maximum Gasteiger partial charge on any atom is 0.303 e. The van der Waals surface area contributed by atoms with Crippen molar-refractivity contribution >= 4 is 17.9 Å². The zero-order chi connectivity index (χ0) is 10.7. The average Bonchev–Trinajstić information content (AvgIpc) is 2.64. The normalized spacial score (nSPS) is 18.0. The summed E-state index contributed by atoms with van der Waals surface area (Å²) in [7, 11) is 0. The fourth-order valence-corrected chi connectivity index (χ4v) is 1.65. The summed E-state index contributed by atoms with van der Waals surface area (Å²) in [5.74, 6) is -0.744. The van der Waals surface area contributed by atoms with Crippen molar-refractivity contribution in [2.24, 2.45) is 9.98 Å². The van der Waals surface area contributed by atoms with E-state index in [1.54, 1.807) is 6.21 Å². The molecular weight excluding hydrogens is 192 g/mol. The Hall–Kier alpha value is -1.71. The van der Waals surface area contributed by atoms with Crippen LogP contribution in [0.2, 0.25) is 0 Å². The highest BCUT2D eigenvalue weighted by Gasteiger charge is 2.15. The number of hydrogen-bond acceptors (Lipinski definition) is 3. The van der Waals surface area contributed by atoms with Gasteiger partial charge in [0.1, 0.15) is 0 Å². The summed E-state index contributed by atoms with van der Waals surface area (Å²) in [5, 5.41) is 8.51. The molecule has 0 radical (unpaired) electrons. The molecule has 4 heteroatoms. The highest BCUT2D eigenvalue weighted by molar-refractivity contribution is 5.97. The molecule has 2 aliphatic rings. The maximum atomic E-state index is 10.3. The van der Waals surface area contributed by atoms with Crippen LogP contribution in [0.15, 0.2) is 33.5 Å². The Morgan fingerprint density at radius 2 is 2.33 bits per heavy atom. The van der Waals surface area contributed by atoms with Crippen LogP contribution in [0.25, 0.3) is 0 Å². The Labute approximate surface area is 87.7 Å². The molecule has 0 amide bonds. The van der Waals surface area contributed by atoms with Gasteiger partial charge in [0.25, 0.3) is 0 Å². The molecule has 0 unspecified atom stereocenters. The van der Waals surface area contributed by atoms with Crippen LogP contribution in [-0.4, -0.2) is 23.0 Å². The fraction of sp³-hybridized carbons (Fsp3) is 0.364. The van der Waals surface area contributed by atoms with Crippen molar-refractivity contribution in [3.05, 3.63) is 23.5 Å². The standard InChI is InChI=1S/C11H12N2O2/c14-11(15)3-1-2-10-4-8-5-12-6-9(8)7-13-10/h5-7H,1-4H2,(H,14,15). The molecule has 0 aromatic carbocycles. The van der Waals surface area contributed by atoms with Gasteiger partial charge in [0, 0.05) is 42.7 Å². The van der Waals surface area contributed by atoms with Crippen molar-refractivity contribution in [3.63, 3.8) is 0 Å². The smallest absolute Gasteiger partial charge is 0.303 e. The molecule has 0 aliphatic carbocycles. The summed E-state index contributed by atoms with van der Waals surface area (Å²) in [5.41, 5.74) is 3.32. The number of carbonyl (C=O) groups is 1. The summed E-state index contributed by atoms with van der Waals surface area (Å²) < 4.78 is 0. The van der Waals surface area contributed by atoms with Gasteiger partial charge in [0.15, 0.2) is 0 Å². The van der Waals surface area contributed by atoms with E-state index in [1.165, 1.54) is 5.57 Å². The number of rotatable bonds is 4. The zero-order valence-corrected chi connectivity index (χ0v) is 8.31. The van der Waals surface area contributed by atoms with Crippen LogP contribution < -0.4 is 0 Å². The van der Waals surface area contributed by atoms with E-state index < -0.39 is 5.97 Å². The molecule has 0 spiro atoms. The SMILES string of the molecule is O=C(O)CCCC1=NC=C2C=NC=C2C1. The molecule has 0 atom stereocenters. The third-order valence-corrected chi connectivity index (χ3v) is 2.45. The van der Waals surface area contributed by atoms with Gasteiger partial charge in [-0.1, -0.05) is 0 Å². The second kappa shape index (κ2) is 4.21. The van der Waals surface area contributed by atoms with E-state index in [0.29, 0.717) is 6.42 Å². The van der Waals surface area contributed by atoms with Gasteiger partial charge in [-0.15, -0.1) is 0 Å². The minimum Gasteiger partial charge on any atom is -0.481 e. The number of allylic oxidation sites excluding steroid dienone is 2. The first kappa shape index (κ1) is 9.83. The van der Waals surface area contributed by atoms with Gasteiger partial charge >= 0.3 is 5.97 Å². The van der Waals surface area contributed by atoms with Crippen LogP contribution in [0.5, 0.6) is 0 Å². The van der Waals surface area contributed by atoms with E-state index in [2.05, 4.69) is 9.98 Å². The number of carboxylic acid groups (broad SMARTS) is 1. The van der Waals surface area contributed by atoms with Crippen molar-refractivity contribution in [1.82, 2.24) is 0 Å². The molecule has 0 bridgehead atoms. The Bertz CT molecular complexity index is 403. The summed E-state index contributed by atoms with van der Waals surface area (Å²) in [6, 6.07) is 0. The first-order chi connectivity index (χ1) is 7.25. The second-order valence-corrected chi connectivity index (χ2v) is 3.64. The lowest BCUT2D eigenvalue weighted by Gasteiger charge is -2.11. The van der Waals surface area contributed by atoms with Crippen molar-refractivity contribution < 1.29 is 9.90 Å². The molecule has 1 N–H and O–H groups in total. The molecule has 15 heavy (non-hydrogen) atoms. The lowest BCUT2D eigenvalue weighted by molar-refractivity contribution is -0.137. The van der Waals surface area contributed by atoms with Gasteiger partial charge in [-0.3, -0.25) is 14.8 Å². The molecule has 2 heterocycles. The lowest BCUT2D eigenvalue weighted by Crippen LogP contribution is -2.06. The fourth-order valence-electron chi connectivity index (χ4n) is 1.65. The number of aliphatic imine (C=N–C) groups is 2. The molecule has 0 aromatic rings. The topological polar surface area (TPSA) is 62.0 Å². The van der Waals surface area contributed by atoms with Crippen LogP contribution in [0, 0.1) is 0 Å². The van der Waals surface area contributed by atoms with Gasteiger partial charge in [-0.25, -0.2) is 0 Å². The molecule has 0 aromatic heterocycles. The number of hydrogen-bond donors (Lipinski definition) is 1. The number of aliphatic carboxylic acids is 1. The highest BCUT2D eigenvalue weighted by Crippen LogP contribution is 2.23. The monoisotopic (exact) mass is 204 g/mol. The number of carboxylic acids is 1. The molecule has 4 nitrogen and oxygen atoms in total. The predicted octanol–water partition coefficient (Wildman–Crippen LogP) is 1.94. The Kier molecular flexibility index (Phi) is 2.76. The first-order valence-electron chi connectivity index (χ1n) is 4.96. The van der Waals surface area contributed by atoms with E-state index in [0.717, 1.165) is 24.1 Å². The van der Waals surface area contributed by atoms with Gasteiger partial charge in [-0.05, 0) is 18.4 Å². The Morgan fingerprint density at radius 1 is 1.47 bits per heavy atom. The summed E-state index contributed by atoms with van der Waals surface area (Å²) in [4.78, 5) is 18.7.